The summed E-state index contributed by atoms with van der Waals surface area (Å²) in [5.41, 5.74) is 3.36. The first-order valence-electron chi connectivity index (χ1n) is 9.00. The maximum atomic E-state index is 12.5. The lowest BCUT2D eigenvalue weighted by atomic mass is 10.1. The third-order valence-corrected chi connectivity index (χ3v) is 4.57. The standard InChI is InChI=1S/C23H20N2O3/c1-15-10-12-16(13-11-15)14-28-21-18(7-5-9-20(21)27-2)22-24-19-8-4-3-6-17(19)23(26)25-22/h3-13H,14H2,1-2H3,(H,24,25,26). The van der Waals surface area contributed by atoms with Crippen LogP contribution in [0.2, 0.25) is 0 Å². The molecule has 0 atom stereocenters. The predicted octanol–water partition coefficient (Wildman–Crippen LogP) is 4.49. The summed E-state index contributed by atoms with van der Waals surface area (Å²) in [5, 5.41) is 0.552. The molecule has 140 valence electrons. The Balaban J connectivity index is 1.77. The highest BCUT2D eigenvalue weighted by Crippen LogP contribution is 2.37. The summed E-state index contributed by atoms with van der Waals surface area (Å²) < 4.78 is 11.6. The van der Waals surface area contributed by atoms with Crippen LogP contribution in [0, 0.1) is 6.92 Å². The molecule has 0 unspecified atom stereocenters. The van der Waals surface area contributed by atoms with Crippen molar-refractivity contribution in [2.24, 2.45) is 0 Å². The summed E-state index contributed by atoms with van der Waals surface area (Å²) in [5.74, 6) is 1.57. The third-order valence-electron chi connectivity index (χ3n) is 4.57. The normalized spacial score (nSPS) is 10.8. The Morgan fingerprint density at radius 3 is 2.54 bits per heavy atom. The largest absolute Gasteiger partial charge is 0.493 e. The van der Waals surface area contributed by atoms with Crippen molar-refractivity contribution < 1.29 is 9.47 Å². The highest BCUT2D eigenvalue weighted by atomic mass is 16.5. The number of para-hydroxylation sites is 2. The molecule has 0 aliphatic rings. The highest BCUT2D eigenvalue weighted by molar-refractivity contribution is 5.80. The van der Waals surface area contributed by atoms with Crippen molar-refractivity contribution >= 4 is 10.9 Å². The van der Waals surface area contributed by atoms with Crippen LogP contribution in [0.15, 0.2) is 71.5 Å². The first-order chi connectivity index (χ1) is 13.7. The molecule has 0 amide bonds. The fourth-order valence-electron chi connectivity index (χ4n) is 3.07. The monoisotopic (exact) mass is 372 g/mol. The molecular formula is C23H20N2O3. The minimum absolute atomic E-state index is 0.187. The second-order valence-corrected chi connectivity index (χ2v) is 6.54. The van der Waals surface area contributed by atoms with E-state index in [9.17, 15) is 4.79 Å². The van der Waals surface area contributed by atoms with Crippen LogP contribution in [-0.4, -0.2) is 17.1 Å². The smallest absolute Gasteiger partial charge is 0.259 e. The zero-order chi connectivity index (χ0) is 19.5. The van der Waals surface area contributed by atoms with Gasteiger partial charge in [-0.1, -0.05) is 48.0 Å². The van der Waals surface area contributed by atoms with Gasteiger partial charge in [-0.2, -0.15) is 0 Å². The van der Waals surface area contributed by atoms with Gasteiger partial charge in [-0.05, 0) is 36.8 Å². The van der Waals surface area contributed by atoms with Gasteiger partial charge < -0.3 is 14.5 Å². The van der Waals surface area contributed by atoms with Crippen LogP contribution in [-0.2, 0) is 6.61 Å². The SMILES string of the molecule is COc1cccc(-c2nc3ccccc3c(=O)[nH]2)c1OCc1ccc(C)cc1. The van der Waals surface area contributed by atoms with E-state index in [2.05, 4.69) is 9.97 Å². The molecule has 0 fully saturated rings. The van der Waals surface area contributed by atoms with Gasteiger partial charge in [0.05, 0.1) is 23.6 Å². The van der Waals surface area contributed by atoms with E-state index in [4.69, 9.17) is 9.47 Å². The summed E-state index contributed by atoms with van der Waals surface area (Å²) in [6.07, 6.45) is 0. The molecule has 4 aromatic rings. The van der Waals surface area contributed by atoms with E-state index in [-0.39, 0.29) is 5.56 Å². The van der Waals surface area contributed by atoms with Crippen molar-refractivity contribution in [1.29, 1.82) is 0 Å². The lowest BCUT2D eigenvalue weighted by molar-refractivity contribution is 0.285. The van der Waals surface area contributed by atoms with Gasteiger partial charge in [-0.15, -0.1) is 0 Å². The van der Waals surface area contributed by atoms with E-state index >= 15 is 0 Å². The van der Waals surface area contributed by atoms with E-state index in [1.165, 1.54) is 5.56 Å². The first-order valence-corrected chi connectivity index (χ1v) is 9.00. The fourth-order valence-corrected chi connectivity index (χ4v) is 3.07. The average molecular weight is 372 g/mol. The van der Waals surface area contributed by atoms with Gasteiger partial charge in [0.1, 0.15) is 12.4 Å². The number of methoxy groups -OCH3 is 1. The number of aromatic amines is 1. The van der Waals surface area contributed by atoms with Crippen molar-refractivity contribution in [1.82, 2.24) is 9.97 Å². The second-order valence-electron chi connectivity index (χ2n) is 6.54. The number of nitrogens with one attached hydrogen (secondary N) is 1. The van der Waals surface area contributed by atoms with E-state index in [1.807, 2.05) is 67.6 Å². The summed E-state index contributed by atoms with van der Waals surface area (Å²) >= 11 is 0. The molecule has 0 spiro atoms. The van der Waals surface area contributed by atoms with E-state index in [1.54, 1.807) is 13.2 Å². The van der Waals surface area contributed by atoms with Gasteiger partial charge in [0, 0.05) is 0 Å². The van der Waals surface area contributed by atoms with Crippen LogP contribution >= 0.6 is 0 Å². The lowest BCUT2D eigenvalue weighted by Gasteiger charge is -2.15. The third kappa shape index (κ3) is 3.47. The maximum absolute atomic E-state index is 12.5. The molecule has 1 N–H and O–H groups in total. The highest BCUT2D eigenvalue weighted by Gasteiger charge is 2.16. The summed E-state index contributed by atoms with van der Waals surface area (Å²) in [7, 11) is 1.59. The molecule has 0 saturated carbocycles. The van der Waals surface area contributed by atoms with E-state index in [0.29, 0.717) is 40.4 Å². The second kappa shape index (κ2) is 7.56. The summed E-state index contributed by atoms with van der Waals surface area (Å²) in [6, 6.07) is 20.9. The number of H-pyrrole nitrogens is 1. The summed E-state index contributed by atoms with van der Waals surface area (Å²) in [6.45, 7) is 2.43. The Kier molecular flexibility index (Phi) is 4.81. The van der Waals surface area contributed by atoms with Crippen LogP contribution in [0.4, 0.5) is 0 Å². The number of aryl methyl sites for hydroxylation is 1. The van der Waals surface area contributed by atoms with Crippen molar-refractivity contribution in [3.63, 3.8) is 0 Å². The van der Waals surface area contributed by atoms with Crippen molar-refractivity contribution in [3.8, 4) is 22.9 Å². The number of hydrogen-bond acceptors (Lipinski definition) is 4. The molecule has 0 aliphatic carbocycles. The molecule has 5 nitrogen and oxygen atoms in total. The van der Waals surface area contributed by atoms with Crippen molar-refractivity contribution in [2.75, 3.05) is 7.11 Å². The molecule has 0 saturated heterocycles. The van der Waals surface area contributed by atoms with Crippen molar-refractivity contribution in [2.45, 2.75) is 13.5 Å². The number of nitrogens with zero attached hydrogens (tertiary/aromatic N) is 1. The van der Waals surface area contributed by atoms with Gasteiger partial charge in [-0.25, -0.2) is 4.98 Å². The molecule has 0 bridgehead atoms. The number of rotatable bonds is 5. The molecule has 5 heteroatoms. The maximum Gasteiger partial charge on any atom is 0.259 e. The van der Waals surface area contributed by atoms with Crippen LogP contribution < -0.4 is 15.0 Å². The topological polar surface area (TPSA) is 64.2 Å². The minimum atomic E-state index is -0.187. The quantitative estimate of drug-likeness (QED) is 0.561. The fraction of sp³-hybridized carbons (Fsp3) is 0.130. The molecule has 4 rings (SSSR count). The number of benzene rings is 3. The van der Waals surface area contributed by atoms with Gasteiger partial charge in [0.2, 0.25) is 0 Å². The molecule has 0 radical (unpaired) electrons. The Bertz CT molecular complexity index is 1180. The van der Waals surface area contributed by atoms with Gasteiger partial charge in [-0.3, -0.25) is 4.79 Å². The Morgan fingerprint density at radius 2 is 1.75 bits per heavy atom. The molecular weight excluding hydrogens is 352 g/mol. The Labute approximate surface area is 162 Å². The number of ether oxygens (including phenoxy) is 2. The van der Waals surface area contributed by atoms with Crippen LogP contribution in [0.25, 0.3) is 22.3 Å². The first kappa shape index (κ1) is 17.8. The molecule has 1 aromatic heterocycles. The number of hydrogen-bond donors (Lipinski definition) is 1. The minimum Gasteiger partial charge on any atom is -0.493 e. The zero-order valence-electron chi connectivity index (χ0n) is 15.7. The molecule has 0 aliphatic heterocycles. The van der Waals surface area contributed by atoms with E-state index in [0.717, 1.165) is 5.56 Å². The summed E-state index contributed by atoms with van der Waals surface area (Å²) in [4.78, 5) is 20.0. The molecule has 28 heavy (non-hydrogen) atoms. The molecule has 3 aromatic carbocycles. The number of fused-ring (bicyclic) bond motifs is 1. The zero-order valence-corrected chi connectivity index (χ0v) is 15.7. The van der Waals surface area contributed by atoms with Crippen LogP contribution in [0.1, 0.15) is 11.1 Å². The van der Waals surface area contributed by atoms with Crippen LogP contribution in [0.3, 0.4) is 0 Å². The number of aromatic nitrogens is 2. The Hall–Kier alpha value is -3.60. The van der Waals surface area contributed by atoms with Gasteiger partial charge in [0.25, 0.3) is 5.56 Å². The molecule has 1 heterocycles. The predicted molar refractivity (Wildman–Crippen MR) is 110 cm³/mol. The van der Waals surface area contributed by atoms with E-state index < -0.39 is 0 Å². The van der Waals surface area contributed by atoms with Crippen molar-refractivity contribution in [3.05, 3.63) is 88.2 Å². The lowest BCUT2D eigenvalue weighted by Crippen LogP contribution is -2.10. The average Bonchev–Trinajstić information content (AvgIpc) is 2.73. The van der Waals surface area contributed by atoms with Crippen LogP contribution in [0.5, 0.6) is 11.5 Å². The Morgan fingerprint density at radius 1 is 0.964 bits per heavy atom. The van der Waals surface area contributed by atoms with Gasteiger partial charge >= 0.3 is 0 Å². The van der Waals surface area contributed by atoms with Gasteiger partial charge in [0.15, 0.2) is 11.5 Å².